The molecule has 5 aromatic rings. The summed E-state index contributed by atoms with van der Waals surface area (Å²) in [6, 6.07) is 17.5. The molecule has 2 N–H and O–H groups in total. The minimum atomic E-state index is -0.161. The van der Waals surface area contributed by atoms with Crippen molar-refractivity contribution in [1.29, 1.82) is 0 Å². The number of aromatic amines is 1. The summed E-state index contributed by atoms with van der Waals surface area (Å²) in [6.45, 7) is 6.14. The number of anilines is 1. The maximum absolute atomic E-state index is 12.8. The van der Waals surface area contributed by atoms with Crippen molar-refractivity contribution in [1.82, 2.24) is 15.0 Å². The van der Waals surface area contributed by atoms with Gasteiger partial charge in [-0.25, -0.2) is 9.97 Å². The van der Waals surface area contributed by atoms with Gasteiger partial charge in [-0.3, -0.25) is 4.79 Å². The highest BCUT2D eigenvalue weighted by Crippen LogP contribution is 2.28. The summed E-state index contributed by atoms with van der Waals surface area (Å²) in [5, 5.41) is 3.98. The summed E-state index contributed by atoms with van der Waals surface area (Å²) in [7, 11) is 0. The van der Waals surface area contributed by atoms with Crippen LogP contribution < -0.4 is 5.32 Å². The Kier molecular flexibility index (Phi) is 4.37. The van der Waals surface area contributed by atoms with Gasteiger partial charge in [0.05, 0.1) is 26.3 Å². The van der Waals surface area contributed by atoms with Crippen molar-refractivity contribution in [3.63, 3.8) is 0 Å². The van der Waals surface area contributed by atoms with Crippen LogP contribution in [0.25, 0.3) is 32.6 Å². The zero-order chi connectivity index (χ0) is 20.8. The molecule has 2 heterocycles. The fourth-order valence-corrected chi connectivity index (χ4v) is 4.59. The minimum Gasteiger partial charge on any atom is -0.338 e. The van der Waals surface area contributed by atoms with Gasteiger partial charge in [-0.05, 0) is 68.3 Å². The Bertz CT molecular complexity index is 1410. The van der Waals surface area contributed by atoms with Crippen molar-refractivity contribution in [2.45, 2.75) is 20.8 Å². The van der Waals surface area contributed by atoms with E-state index in [9.17, 15) is 4.79 Å². The predicted molar refractivity (Wildman–Crippen MR) is 123 cm³/mol. The fourth-order valence-electron chi connectivity index (χ4n) is 3.78. The van der Waals surface area contributed by atoms with Gasteiger partial charge in [0.25, 0.3) is 5.91 Å². The third-order valence-electron chi connectivity index (χ3n) is 5.21. The van der Waals surface area contributed by atoms with E-state index in [1.54, 1.807) is 17.4 Å². The number of fused-ring (bicyclic) bond motifs is 2. The summed E-state index contributed by atoms with van der Waals surface area (Å²) >= 11 is 1.64. The zero-order valence-corrected chi connectivity index (χ0v) is 17.7. The van der Waals surface area contributed by atoms with E-state index in [1.165, 1.54) is 11.1 Å². The van der Waals surface area contributed by atoms with E-state index in [0.717, 1.165) is 43.3 Å². The first kappa shape index (κ1) is 18.5. The second-order valence-electron chi connectivity index (χ2n) is 7.45. The number of benzene rings is 3. The lowest BCUT2D eigenvalue weighted by atomic mass is 10.0. The topological polar surface area (TPSA) is 70.7 Å². The molecule has 0 unspecified atom stereocenters. The number of hydrogen-bond acceptors (Lipinski definition) is 4. The first-order chi connectivity index (χ1) is 14.5. The number of carbonyl (C=O) groups is 1. The highest BCUT2D eigenvalue weighted by Gasteiger charge is 2.13. The zero-order valence-electron chi connectivity index (χ0n) is 16.9. The molecule has 5 rings (SSSR count). The molecule has 0 aliphatic carbocycles. The van der Waals surface area contributed by atoms with E-state index in [1.807, 2.05) is 43.3 Å². The van der Waals surface area contributed by atoms with E-state index in [2.05, 4.69) is 41.3 Å². The molecule has 0 aliphatic rings. The van der Waals surface area contributed by atoms with Crippen LogP contribution in [0.3, 0.4) is 0 Å². The maximum atomic E-state index is 12.8. The second-order valence-corrected chi connectivity index (χ2v) is 8.69. The van der Waals surface area contributed by atoms with Crippen LogP contribution in [0, 0.1) is 20.8 Å². The number of carbonyl (C=O) groups excluding carboxylic acids is 1. The van der Waals surface area contributed by atoms with Gasteiger partial charge in [0.15, 0.2) is 0 Å². The molecule has 0 bridgehead atoms. The quantitative estimate of drug-likeness (QED) is 0.381. The Morgan fingerprint density at radius 2 is 1.73 bits per heavy atom. The van der Waals surface area contributed by atoms with Gasteiger partial charge >= 0.3 is 0 Å². The number of imidazole rings is 1. The molecule has 0 aliphatic heterocycles. The molecule has 1 amide bonds. The molecule has 5 nitrogen and oxygen atoms in total. The third kappa shape index (κ3) is 3.25. The summed E-state index contributed by atoms with van der Waals surface area (Å²) in [4.78, 5) is 25.4. The number of hydrogen-bond donors (Lipinski definition) is 2. The Balaban J connectivity index is 1.46. The first-order valence-corrected chi connectivity index (χ1v) is 10.5. The fraction of sp³-hybridized carbons (Fsp3) is 0.125. The highest BCUT2D eigenvalue weighted by molar-refractivity contribution is 7.18. The van der Waals surface area contributed by atoms with Crippen molar-refractivity contribution >= 4 is 44.2 Å². The van der Waals surface area contributed by atoms with Crippen LogP contribution in [0.15, 0.2) is 54.6 Å². The number of nitrogens with zero attached hydrogens (tertiary/aromatic N) is 2. The van der Waals surface area contributed by atoms with Crippen LogP contribution in [0.2, 0.25) is 0 Å². The monoisotopic (exact) mass is 412 g/mol. The summed E-state index contributed by atoms with van der Waals surface area (Å²) < 4.78 is 1.11. The maximum Gasteiger partial charge on any atom is 0.255 e. The largest absolute Gasteiger partial charge is 0.338 e. The van der Waals surface area contributed by atoms with E-state index in [0.29, 0.717) is 5.56 Å². The van der Waals surface area contributed by atoms with E-state index in [-0.39, 0.29) is 5.91 Å². The van der Waals surface area contributed by atoms with Gasteiger partial charge in [0.2, 0.25) is 0 Å². The van der Waals surface area contributed by atoms with Gasteiger partial charge in [0.1, 0.15) is 5.82 Å². The van der Waals surface area contributed by atoms with Crippen molar-refractivity contribution in [3.05, 3.63) is 76.3 Å². The third-order valence-corrected chi connectivity index (χ3v) is 6.17. The van der Waals surface area contributed by atoms with Crippen molar-refractivity contribution in [3.8, 4) is 11.4 Å². The van der Waals surface area contributed by atoms with Crippen LogP contribution >= 0.6 is 11.3 Å². The van der Waals surface area contributed by atoms with Crippen molar-refractivity contribution in [2.75, 3.05) is 5.32 Å². The second kappa shape index (κ2) is 7.07. The minimum absolute atomic E-state index is 0.161. The van der Waals surface area contributed by atoms with Crippen molar-refractivity contribution < 1.29 is 4.79 Å². The molecule has 30 heavy (non-hydrogen) atoms. The molecular weight excluding hydrogens is 392 g/mol. The summed E-state index contributed by atoms with van der Waals surface area (Å²) in [5.74, 6) is 0.661. The standard InChI is InChI=1S/C24H20N4OS/c1-13-5-4-6-14(2)22(13)23-27-18-9-7-16(11-19(18)28-23)24(29)26-17-8-10-21-20(12-17)25-15(3)30-21/h4-12H,1-3H3,(H,26,29)(H,27,28). The number of thiazole rings is 1. The van der Waals surface area contributed by atoms with Gasteiger partial charge in [-0.15, -0.1) is 11.3 Å². The van der Waals surface area contributed by atoms with Gasteiger partial charge < -0.3 is 10.3 Å². The van der Waals surface area contributed by atoms with Crippen LogP contribution in [0.1, 0.15) is 26.5 Å². The number of aryl methyl sites for hydroxylation is 3. The molecule has 0 spiro atoms. The highest BCUT2D eigenvalue weighted by atomic mass is 32.1. The molecule has 2 aromatic heterocycles. The molecule has 0 radical (unpaired) electrons. The molecule has 0 saturated heterocycles. The smallest absolute Gasteiger partial charge is 0.255 e. The van der Waals surface area contributed by atoms with Crippen LogP contribution in [-0.2, 0) is 0 Å². The lowest BCUT2D eigenvalue weighted by Gasteiger charge is -2.06. The molecule has 0 saturated carbocycles. The number of aromatic nitrogens is 3. The Labute approximate surface area is 177 Å². The SMILES string of the molecule is Cc1nc2cc(NC(=O)c3ccc4nc(-c5c(C)cccc5C)[nH]c4c3)ccc2s1. The van der Waals surface area contributed by atoms with E-state index >= 15 is 0 Å². The summed E-state index contributed by atoms with van der Waals surface area (Å²) in [5.41, 5.74) is 7.32. The number of amides is 1. The molecule has 0 atom stereocenters. The lowest BCUT2D eigenvalue weighted by Crippen LogP contribution is -2.11. The molecule has 148 valence electrons. The number of nitrogens with one attached hydrogen (secondary N) is 2. The predicted octanol–water partition coefficient (Wildman–Crippen LogP) is 6.02. The average molecular weight is 413 g/mol. The Hall–Kier alpha value is -3.51. The number of rotatable bonds is 3. The molecule has 0 fully saturated rings. The molecule has 3 aromatic carbocycles. The Morgan fingerprint density at radius 1 is 0.933 bits per heavy atom. The average Bonchev–Trinajstić information content (AvgIpc) is 3.29. The Morgan fingerprint density at radius 3 is 2.53 bits per heavy atom. The normalized spacial score (nSPS) is 11.3. The number of H-pyrrole nitrogens is 1. The van der Waals surface area contributed by atoms with E-state index < -0.39 is 0 Å². The van der Waals surface area contributed by atoms with Crippen LogP contribution in [0.5, 0.6) is 0 Å². The van der Waals surface area contributed by atoms with Gasteiger partial charge in [-0.2, -0.15) is 0 Å². The van der Waals surface area contributed by atoms with Gasteiger partial charge in [-0.1, -0.05) is 18.2 Å². The first-order valence-electron chi connectivity index (χ1n) is 9.73. The molecular formula is C24H20N4OS. The van der Waals surface area contributed by atoms with Crippen molar-refractivity contribution in [2.24, 2.45) is 0 Å². The molecule has 6 heteroatoms. The lowest BCUT2D eigenvalue weighted by molar-refractivity contribution is 0.102. The summed E-state index contributed by atoms with van der Waals surface area (Å²) in [6.07, 6.45) is 0. The van der Waals surface area contributed by atoms with E-state index in [4.69, 9.17) is 4.98 Å². The van der Waals surface area contributed by atoms with Crippen LogP contribution in [-0.4, -0.2) is 20.9 Å². The van der Waals surface area contributed by atoms with Gasteiger partial charge in [0, 0.05) is 16.8 Å². The van der Waals surface area contributed by atoms with Crippen LogP contribution in [0.4, 0.5) is 5.69 Å².